The van der Waals surface area contributed by atoms with Gasteiger partial charge in [-0.1, -0.05) is 85.6 Å². The molecule has 0 saturated heterocycles. The summed E-state index contributed by atoms with van der Waals surface area (Å²) in [5.41, 5.74) is 3.44. The molecule has 2 unspecified atom stereocenters. The maximum absolute atomic E-state index is 4.37. The van der Waals surface area contributed by atoms with Crippen LogP contribution in [-0.2, 0) is 5.75 Å². The Balaban J connectivity index is 3.03. The normalized spacial score (nSPS) is 15.6. The molecule has 0 amide bonds. The molecule has 22 heavy (non-hydrogen) atoms. The number of rotatable bonds is 7. The van der Waals surface area contributed by atoms with E-state index in [0.29, 0.717) is 11.3 Å². The van der Waals surface area contributed by atoms with E-state index in [1.54, 1.807) is 0 Å². The van der Waals surface area contributed by atoms with Crippen molar-refractivity contribution < 1.29 is 0 Å². The van der Waals surface area contributed by atoms with Crippen molar-refractivity contribution in [3.63, 3.8) is 0 Å². The lowest BCUT2D eigenvalue weighted by atomic mass is 9.64. The smallest absolute Gasteiger partial charge is 0.0154 e. The van der Waals surface area contributed by atoms with Gasteiger partial charge >= 0.3 is 0 Å². The zero-order valence-electron chi connectivity index (χ0n) is 15.7. The molecule has 0 N–H and O–H groups in total. The fourth-order valence-corrected chi connectivity index (χ4v) is 3.54. The van der Waals surface area contributed by atoms with Gasteiger partial charge in [0.2, 0.25) is 0 Å². The van der Waals surface area contributed by atoms with Gasteiger partial charge in [0.15, 0.2) is 0 Å². The summed E-state index contributed by atoms with van der Waals surface area (Å²) in [5.74, 6) is 2.18. The van der Waals surface area contributed by atoms with Crippen LogP contribution in [0.4, 0.5) is 0 Å². The third kappa shape index (κ3) is 5.33. The molecule has 126 valence electrons. The van der Waals surface area contributed by atoms with Crippen LogP contribution in [0.5, 0.6) is 0 Å². The maximum atomic E-state index is 4.37. The molecule has 0 aliphatic heterocycles. The largest absolute Gasteiger partial charge is 0.175 e. The van der Waals surface area contributed by atoms with E-state index in [1.807, 2.05) is 0 Å². The third-order valence-corrected chi connectivity index (χ3v) is 5.76. The fraction of sp³-hybridized carbons (Fsp3) is 0.714. The average molecular weight is 321 g/mol. The Morgan fingerprint density at radius 3 is 1.95 bits per heavy atom. The minimum atomic E-state index is 0.283. The monoisotopic (exact) mass is 320 g/mol. The van der Waals surface area contributed by atoms with Gasteiger partial charge in [0.1, 0.15) is 0 Å². The highest BCUT2D eigenvalue weighted by atomic mass is 32.1. The van der Waals surface area contributed by atoms with E-state index in [2.05, 4.69) is 85.4 Å². The Morgan fingerprint density at radius 2 is 1.55 bits per heavy atom. The van der Waals surface area contributed by atoms with Crippen LogP contribution in [0.25, 0.3) is 0 Å². The van der Waals surface area contributed by atoms with Gasteiger partial charge < -0.3 is 0 Å². The number of hydrogen-bond acceptors (Lipinski definition) is 1. The molecule has 1 rings (SSSR count). The summed E-state index contributed by atoms with van der Waals surface area (Å²) in [7, 11) is 0. The van der Waals surface area contributed by atoms with Gasteiger partial charge in [-0.25, -0.2) is 0 Å². The predicted molar refractivity (Wildman–Crippen MR) is 104 cm³/mol. The van der Waals surface area contributed by atoms with Crippen molar-refractivity contribution >= 4 is 12.6 Å². The van der Waals surface area contributed by atoms with E-state index in [-0.39, 0.29) is 5.41 Å². The number of hydrogen-bond donors (Lipinski definition) is 1. The van der Waals surface area contributed by atoms with Crippen molar-refractivity contribution in [1.82, 2.24) is 0 Å². The molecular formula is C21H36S. The van der Waals surface area contributed by atoms with Gasteiger partial charge in [-0.2, -0.15) is 12.6 Å². The third-order valence-electron chi connectivity index (χ3n) is 5.40. The summed E-state index contributed by atoms with van der Waals surface area (Å²) in [6, 6.07) is 9.12. The van der Waals surface area contributed by atoms with Crippen molar-refractivity contribution in [2.45, 2.75) is 79.4 Å². The van der Waals surface area contributed by atoms with Crippen LogP contribution in [0.3, 0.4) is 0 Å². The lowest BCUT2D eigenvalue weighted by Gasteiger charge is -2.41. The van der Waals surface area contributed by atoms with Crippen LogP contribution in [0.2, 0.25) is 0 Å². The highest BCUT2D eigenvalue weighted by Gasteiger charge is 2.34. The summed E-state index contributed by atoms with van der Waals surface area (Å²) >= 11 is 4.37. The maximum Gasteiger partial charge on any atom is 0.0154 e. The Morgan fingerprint density at radius 1 is 1.00 bits per heavy atom. The first-order valence-electron chi connectivity index (χ1n) is 8.81. The van der Waals surface area contributed by atoms with Crippen LogP contribution in [0.15, 0.2) is 24.3 Å². The van der Waals surface area contributed by atoms with Gasteiger partial charge in [-0.15, -0.1) is 0 Å². The first kappa shape index (κ1) is 19.6. The van der Waals surface area contributed by atoms with Gasteiger partial charge in [0.25, 0.3) is 0 Å². The summed E-state index contributed by atoms with van der Waals surface area (Å²) in [6.07, 6.45) is 3.85. The van der Waals surface area contributed by atoms with Gasteiger partial charge in [-0.05, 0) is 40.2 Å². The predicted octanol–water partition coefficient (Wildman–Crippen LogP) is 7.10. The Kier molecular flexibility index (Phi) is 7.05. The summed E-state index contributed by atoms with van der Waals surface area (Å²) < 4.78 is 0. The minimum absolute atomic E-state index is 0.283. The lowest BCUT2D eigenvalue weighted by Crippen LogP contribution is -2.29. The van der Waals surface area contributed by atoms with E-state index in [0.717, 1.165) is 11.7 Å². The van der Waals surface area contributed by atoms with Crippen LogP contribution in [0, 0.1) is 16.7 Å². The van der Waals surface area contributed by atoms with Crippen LogP contribution < -0.4 is 0 Å². The Labute approximate surface area is 144 Å². The van der Waals surface area contributed by atoms with E-state index in [1.165, 1.54) is 30.4 Å². The fourth-order valence-electron chi connectivity index (χ4n) is 3.33. The van der Waals surface area contributed by atoms with E-state index in [4.69, 9.17) is 0 Å². The van der Waals surface area contributed by atoms with Crippen LogP contribution in [-0.4, -0.2) is 0 Å². The average Bonchev–Trinajstić information content (AvgIpc) is 2.44. The SMILES string of the molecule is CCCC(C)C(C)(C)CC(c1ccc(CS)cc1)C(C)(C)C. The molecule has 0 saturated carbocycles. The van der Waals surface area contributed by atoms with Crippen molar-refractivity contribution in [2.75, 3.05) is 0 Å². The Bertz CT molecular complexity index is 436. The van der Waals surface area contributed by atoms with Gasteiger partial charge in [-0.3, -0.25) is 0 Å². The molecule has 0 radical (unpaired) electrons. The first-order valence-corrected chi connectivity index (χ1v) is 9.44. The lowest BCUT2D eigenvalue weighted by molar-refractivity contribution is 0.145. The molecule has 1 aromatic rings. The van der Waals surface area contributed by atoms with Gasteiger partial charge in [0.05, 0.1) is 0 Å². The topological polar surface area (TPSA) is 0 Å². The zero-order valence-corrected chi connectivity index (χ0v) is 16.6. The van der Waals surface area contributed by atoms with Gasteiger partial charge in [0, 0.05) is 5.75 Å². The molecule has 1 heteroatoms. The summed E-state index contributed by atoms with van der Waals surface area (Å²) in [5, 5.41) is 0. The molecule has 0 fully saturated rings. The second kappa shape index (κ2) is 7.90. The number of thiol groups is 1. The molecular weight excluding hydrogens is 284 g/mol. The molecule has 0 nitrogen and oxygen atoms in total. The molecule has 1 aromatic carbocycles. The quantitative estimate of drug-likeness (QED) is 0.509. The van der Waals surface area contributed by atoms with E-state index in [9.17, 15) is 0 Å². The van der Waals surface area contributed by atoms with E-state index >= 15 is 0 Å². The molecule has 0 spiro atoms. The van der Waals surface area contributed by atoms with Crippen LogP contribution in [0.1, 0.15) is 84.8 Å². The van der Waals surface area contributed by atoms with Crippen molar-refractivity contribution in [3.05, 3.63) is 35.4 Å². The number of benzene rings is 1. The summed E-state index contributed by atoms with van der Waals surface area (Å²) in [6.45, 7) is 16.8. The van der Waals surface area contributed by atoms with E-state index < -0.39 is 0 Å². The van der Waals surface area contributed by atoms with Crippen molar-refractivity contribution in [3.8, 4) is 0 Å². The highest BCUT2D eigenvalue weighted by Crippen LogP contribution is 2.46. The Hall–Kier alpha value is -0.430. The molecule has 2 atom stereocenters. The zero-order chi connectivity index (χ0) is 17.0. The molecule has 0 aromatic heterocycles. The molecule has 0 bridgehead atoms. The molecule has 0 aliphatic carbocycles. The minimum Gasteiger partial charge on any atom is -0.175 e. The highest BCUT2D eigenvalue weighted by molar-refractivity contribution is 7.79. The first-order chi connectivity index (χ1) is 10.1. The summed E-state index contributed by atoms with van der Waals surface area (Å²) in [4.78, 5) is 0. The standard InChI is InChI=1S/C21H36S/c1-8-9-16(2)21(6,7)14-19(20(3,4)5)18-12-10-17(15-22)11-13-18/h10-13,16,19,22H,8-9,14-15H2,1-7H3. The van der Waals surface area contributed by atoms with Crippen LogP contribution >= 0.6 is 12.6 Å². The molecule has 0 heterocycles. The van der Waals surface area contributed by atoms with Crippen molar-refractivity contribution in [2.24, 2.45) is 16.7 Å². The molecule has 0 aliphatic rings. The van der Waals surface area contributed by atoms with Crippen molar-refractivity contribution in [1.29, 1.82) is 0 Å². The second-order valence-corrected chi connectivity index (χ2v) is 9.02. The second-order valence-electron chi connectivity index (χ2n) is 8.70.